The Labute approximate surface area is 96.2 Å². The maximum absolute atomic E-state index is 9.59. The predicted molar refractivity (Wildman–Crippen MR) is 63.0 cm³/mol. The summed E-state index contributed by atoms with van der Waals surface area (Å²) in [6, 6.07) is -0.593. The lowest BCUT2D eigenvalue weighted by Crippen LogP contribution is -2.41. The number of aliphatic imine (C=N–C) groups is 2. The summed E-state index contributed by atoms with van der Waals surface area (Å²) in [6.45, 7) is 5.74. The first-order valence-electron chi connectivity index (χ1n) is 5.42. The number of aliphatic hydroxyl groups is 1. The molecule has 3 atom stereocenters. The lowest BCUT2D eigenvalue weighted by molar-refractivity contribution is 0.171. The van der Waals surface area contributed by atoms with Gasteiger partial charge in [0.15, 0.2) is 6.04 Å². The Kier molecular flexibility index (Phi) is 4.29. The van der Waals surface area contributed by atoms with E-state index < -0.39 is 12.1 Å². The summed E-state index contributed by atoms with van der Waals surface area (Å²) in [5.74, 6) is 1.30. The molecule has 0 bridgehead atoms. The lowest BCUT2D eigenvalue weighted by Gasteiger charge is -2.28. The molecule has 0 aromatic carbocycles. The molecule has 0 fully saturated rings. The fourth-order valence-corrected chi connectivity index (χ4v) is 1.63. The molecule has 5 nitrogen and oxygen atoms in total. The fourth-order valence-electron chi connectivity index (χ4n) is 1.63. The highest BCUT2D eigenvalue weighted by Gasteiger charge is 2.33. The van der Waals surface area contributed by atoms with Crippen molar-refractivity contribution in [2.45, 2.75) is 39.0 Å². The maximum atomic E-state index is 9.59. The molecule has 0 saturated heterocycles. The Balaban J connectivity index is 3.01. The average Bonchev–Trinajstić information content (AvgIpc) is 2.26. The summed E-state index contributed by atoms with van der Waals surface area (Å²) < 4.78 is 10.4. The third kappa shape index (κ3) is 2.52. The van der Waals surface area contributed by atoms with Crippen LogP contribution in [-0.4, -0.2) is 49.3 Å². The molecule has 1 aliphatic rings. The van der Waals surface area contributed by atoms with E-state index in [4.69, 9.17) is 9.47 Å². The topological polar surface area (TPSA) is 63.4 Å². The Hall–Kier alpha value is -1.10. The van der Waals surface area contributed by atoms with Crippen molar-refractivity contribution >= 4 is 11.8 Å². The van der Waals surface area contributed by atoms with Crippen LogP contribution >= 0.6 is 0 Å². The summed E-state index contributed by atoms with van der Waals surface area (Å²) in [5.41, 5.74) is 0. The third-order valence-corrected chi connectivity index (χ3v) is 2.55. The van der Waals surface area contributed by atoms with Gasteiger partial charge in [-0.2, -0.15) is 0 Å². The molecule has 1 aliphatic heterocycles. The van der Waals surface area contributed by atoms with Crippen LogP contribution in [0.15, 0.2) is 9.98 Å². The predicted octanol–water partition coefficient (Wildman–Crippen LogP) is 0.864. The van der Waals surface area contributed by atoms with E-state index in [1.54, 1.807) is 21.1 Å². The highest BCUT2D eigenvalue weighted by atomic mass is 16.5. The third-order valence-electron chi connectivity index (χ3n) is 2.55. The minimum Gasteiger partial charge on any atom is -0.483 e. The SMILES string of the molecule is COC1=N[C@H]([C@@H](C)O)C(OC)=N[C@H]1C(C)C. The average molecular weight is 228 g/mol. The van der Waals surface area contributed by atoms with Crippen molar-refractivity contribution in [3.05, 3.63) is 0 Å². The molecule has 0 aromatic rings. The number of rotatable bonds is 2. The number of nitrogens with zero attached hydrogens (tertiary/aromatic N) is 2. The Morgan fingerprint density at radius 2 is 1.44 bits per heavy atom. The van der Waals surface area contributed by atoms with E-state index in [2.05, 4.69) is 9.98 Å². The van der Waals surface area contributed by atoms with Gasteiger partial charge in [0.25, 0.3) is 0 Å². The second kappa shape index (κ2) is 5.30. The van der Waals surface area contributed by atoms with Crippen LogP contribution in [0.3, 0.4) is 0 Å². The van der Waals surface area contributed by atoms with Crippen LogP contribution in [-0.2, 0) is 9.47 Å². The van der Waals surface area contributed by atoms with Gasteiger partial charge in [-0.05, 0) is 12.8 Å². The molecule has 1 heterocycles. The summed E-state index contributed by atoms with van der Waals surface area (Å²) in [5, 5.41) is 9.59. The zero-order valence-electron chi connectivity index (χ0n) is 10.5. The van der Waals surface area contributed by atoms with E-state index in [-0.39, 0.29) is 12.0 Å². The molecule has 0 aliphatic carbocycles. The molecule has 0 saturated carbocycles. The summed E-state index contributed by atoms with van der Waals surface area (Å²) in [4.78, 5) is 8.78. The largest absolute Gasteiger partial charge is 0.483 e. The van der Waals surface area contributed by atoms with Gasteiger partial charge in [0, 0.05) is 0 Å². The molecule has 1 N–H and O–H groups in total. The van der Waals surface area contributed by atoms with Gasteiger partial charge < -0.3 is 14.6 Å². The van der Waals surface area contributed by atoms with Crippen LogP contribution in [0.1, 0.15) is 20.8 Å². The molecular formula is C11H20N2O3. The number of hydrogen-bond acceptors (Lipinski definition) is 5. The quantitative estimate of drug-likeness (QED) is 0.762. The molecule has 1 rings (SSSR count). The van der Waals surface area contributed by atoms with Crippen molar-refractivity contribution in [1.29, 1.82) is 0 Å². The van der Waals surface area contributed by atoms with Crippen molar-refractivity contribution in [3.8, 4) is 0 Å². The Morgan fingerprint density at radius 1 is 1.00 bits per heavy atom. The second-order valence-electron chi connectivity index (χ2n) is 4.22. The number of methoxy groups -OCH3 is 2. The van der Waals surface area contributed by atoms with Gasteiger partial charge in [-0.3, -0.25) is 0 Å². The van der Waals surface area contributed by atoms with Crippen LogP contribution < -0.4 is 0 Å². The van der Waals surface area contributed by atoms with Gasteiger partial charge >= 0.3 is 0 Å². The van der Waals surface area contributed by atoms with Gasteiger partial charge in [0.2, 0.25) is 11.8 Å². The highest BCUT2D eigenvalue weighted by Crippen LogP contribution is 2.18. The molecular weight excluding hydrogens is 208 g/mol. The Morgan fingerprint density at radius 3 is 1.81 bits per heavy atom. The monoisotopic (exact) mass is 228 g/mol. The number of hydrogen-bond donors (Lipinski definition) is 1. The smallest absolute Gasteiger partial charge is 0.212 e. The van der Waals surface area contributed by atoms with Crippen LogP contribution in [0.2, 0.25) is 0 Å². The number of aliphatic hydroxyl groups excluding tert-OH is 1. The van der Waals surface area contributed by atoms with Crippen LogP contribution in [0.25, 0.3) is 0 Å². The van der Waals surface area contributed by atoms with Gasteiger partial charge in [-0.25, -0.2) is 9.98 Å². The first-order chi connectivity index (χ1) is 7.51. The first-order valence-corrected chi connectivity index (χ1v) is 5.42. The van der Waals surface area contributed by atoms with Crippen molar-refractivity contribution in [3.63, 3.8) is 0 Å². The van der Waals surface area contributed by atoms with E-state index in [1.807, 2.05) is 13.8 Å². The Bertz CT molecular complexity index is 268. The van der Waals surface area contributed by atoms with Crippen LogP contribution in [0.4, 0.5) is 0 Å². The molecule has 92 valence electrons. The molecule has 0 unspecified atom stereocenters. The molecule has 5 heteroatoms. The van der Waals surface area contributed by atoms with Crippen LogP contribution in [0.5, 0.6) is 0 Å². The lowest BCUT2D eigenvalue weighted by atomic mass is 10.0. The molecule has 0 aromatic heterocycles. The van der Waals surface area contributed by atoms with E-state index >= 15 is 0 Å². The molecule has 0 radical (unpaired) electrons. The van der Waals surface area contributed by atoms with Gasteiger partial charge in [-0.15, -0.1) is 0 Å². The first kappa shape index (κ1) is 13.0. The minimum atomic E-state index is -0.642. The summed E-state index contributed by atoms with van der Waals surface area (Å²) >= 11 is 0. The van der Waals surface area contributed by atoms with Crippen molar-refractivity contribution in [2.75, 3.05) is 14.2 Å². The van der Waals surface area contributed by atoms with E-state index in [1.165, 1.54) is 0 Å². The highest BCUT2D eigenvalue weighted by molar-refractivity contribution is 5.94. The normalized spacial score (nSPS) is 27.2. The van der Waals surface area contributed by atoms with E-state index in [0.29, 0.717) is 11.8 Å². The molecule has 0 spiro atoms. The summed E-state index contributed by atoms with van der Waals surface area (Å²) in [6.07, 6.45) is -0.642. The molecule has 0 amide bonds. The van der Waals surface area contributed by atoms with Crippen molar-refractivity contribution in [2.24, 2.45) is 15.9 Å². The van der Waals surface area contributed by atoms with E-state index in [0.717, 1.165) is 0 Å². The van der Waals surface area contributed by atoms with Crippen molar-refractivity contribution in [1.82, 2.24) is 0 Å². The van der Waals surface area contributed by atoms with E-state index in [9.17, 15) is 5.11 Å². The standard InChI is InChI=1S/C11H20N2O3/c1-6(2)8-10(15-4)13-9(7(3)14)11(12-8)16-5/h6-9,14H,1-5H3/t7-,8+,9-/m1/s1. The summed E-state index contributed by atoms with van der Waals surface area (Å²) in [7, 11) is 3.11. The van der Waals surface area contributed by atoms with Gasteiger partial charge in [0.05, 0.1) is 20.3 Å². The maximum Gasteiger partial charge on any atom is 0.212 e. The van der Waals surface area contributed by atoms with Crippen LogP contribution in [0, 0.1) is 5.92 Å². The van der Waals surface area contributed by atoms with Gasteiger partial charge in [-0.1, -0.05) is 13.8 Å². The molecule has 16 heavy (non-hydrogen) atoms. The fraction of sp³-hybridized carbons (Fsp3) is 0.818. The number of ether oxygens (including phenoxy) is 2. The minimum absolute atomic E-state index is 0.130. The van der Waals surface area contributed by atoms with Gasteiger partial charge in [0.1, 0.15) is 6.04 Å². The second-order valence-corrected chi connectivity index (χ2v) is 4.22. The van der Waals surface area contributed by atoms with Crippen molar-refractivity contribution < 1.29 is 14.6 Å². The zero-order chi connectivity index (χ0) is 12.3. The zero-order valence-corrected chi connectivity index (χ0v) is 10.5.